The average Bonchev–Trinajstić information content (AvgIpc) is 2.21. The van der Waals surface area contributed by atoms with Gasteiger partial charge in [-0.05, 0) is 12.8 Å². The Kier molecular flexibility index (Phi) is 6.96. The van der Waals surface area contributed by atoms with Crippen LogP contribution in [-0.4, -0.2) is 30.7 Å². The number of amides is 1. The summed E-state index contributed by atoms with van der Waals surface area (Å²) in [6.07, 6.45) is 2.32. The molecule has 0 bridgehead atoms. The summed E-state index contributed by atoms with van der Waals surface area (Å²) in [7, 11) is 0. The van der Waals surface area contributed by atoms with Crippen molar-refractivity contribution in [2.75, 3.05) is 6.54 Å². The fourth-order valence-corrected chi connectivity index (χ4v) is 1.03. The molecule has 0 fully saturated rings. The highest BCUT2D eigenvalue weighted by atomic mass is 16.2. The summed E-state index contributed by atoms with van der Waals surface area (Å²) < 4.78 is 0. The molecule has 0 radical (unpaired) electrons. The number of carbonyl (C=O) groups is 2. The van der Waals surface area contributed by atoms with Crippen molar-refractivity contribution in [1.82, 2.24) is 10.6 Å². The zero-order valence-electron chi connectivity index (χ0n) is 8.88. The van der Waals surface area contributed by atoms with Crippen LogP contribution in [0.5, 0.6) is 0 Å². The van der Waals surface area contributed by atoms with E-state index in [0.29, 0.717) is 25.8 Å². The van der Waals surface area contributed by atoms with E-state index in [2.05, 4.69) is 10.6 Å². The Labute approximate surface area is 89.1 Å². The molecule has 0 aromatic rings. The Hall–Kier alpha value is -1.59. The zero-order valence-corrected chi connectivity index (χ0v) is 8.88. The molecule has 0 aromatic heterocycles. The van der Waals surface area contributed by atoms with Crippen LogP contribution in [0, 0.1) is 5.41 Å². The van der Waals surface area contributed by atoms with Crippen LogP contribution in [0.25, 0.3) is 0 Å². The predicted molar refractivity (Wildman–Crippen MR) is 57.4 cm³/mol. The van der Waals surface area contributed by atoms with Gasteiger partial charge in [0.25, 0.3) is 0 Å². The second-order valence-corrected chi connectivity index (χ2v) is 3.15. The minimum Gasteiger partial charge on any atom is -0.370 e. The van der Waals surface area contributed by atoms with Gasteiger partial charge in [-0.2, -0.15) is 0 Å². The van der Waals surface area contributed by atoms with Crippen molar-refractivity contribution in [3.63, 3.8) is 0 Å². The van der Waals surface area contributed by atoms with Crippen LogP contribution in [0.15, 0.2) is 0 Å². The SMILES string of the molecule is CCC(=O)N[C@H](C=O)CCCNC(=N)N. The largest absolute Gasteiger partial charge is 0.370 e. The molecule has 5 N–H and O–H groups in total. The normalized spacial score (nSPS) is 11.5. The second-order valence-electron chi connectivity index (χ2n) is 3.15. The van der Waals surface area contributed by atoms with Crippen molar-refractivity contribution in [3.05, 3.63) is 0 Å². The highest BCUT2D eigenvalue weighted by molar-refractivity contribution is 5.79. The van der Waals surface area contributed by atoms with Gasteiger partial charge < -0.3 is 21.2 Å². The van der Waals surface area contributed by atoms with Gasteiger partial charge in [-0.15, -0.1) is 0 Å². The van der Waals surface area contributed by atoms with E-state index >= 15 is 0 Å². The zero-order chi connectivity index (χ0) is 11.7. The molecule has 0 saturated carbocycles. The molecule has 1 amide bonds. The third kappa shape index (κ3) is 7.48. The molecule has 0 aliphatic heterocycles. The molecule has 0 spiro atoms. The average molecular weight is 214 g/mol. The van der Waals surface area contributed by atoms with Gasteiger partial charge in [0, 0.05) is 13.0 Å². The number of nitrogens with two attached hydrogens (primary N) is 1. The number of nitrogens with one attached hydrogen (secondary N) is 3. The Morgan fingerprint density at radius 3 is 2.73 bits per heavy atom. The monoisotopic (exact) mass is 214 g/mol. The van der Waals surface area contributed by atoms with Crippen molar-refractivity contribution in [1.29, 1.82) is 5.41 Å². The summed E-state index contributed by atoms with van der Waals surface area (Å²) in [4.78, 5) is 21.6. The van der Waals surface area contributed by atoms with Crippen LogP contribution < -0.4 is 16.4 Å². The van der Waals surface area contributed by atoms with Gasteiger partial charge in [-0.1, -0.05) is 6.92 Å². The maximum Gasteiger partial charge on any atom is 0.220 e. The maximum absolute atomic E-state index is 11.0. The van der Waals surface area contributed by atoms with E-state index in [0.717, 1.165) is 6.29 Å². The molecule has 6 nitrogen and oxygen atoms in total. The van der Waals surface area contributed by atoms with Gasteiger partial charge in [-0.25, -0.2) is 0 Å². The van der Waals surface area contributed by atoms with E-state index in [-0.39, 0.29) is 11.9 Å². The van der Waals surface area contributed by atoms with Crippen molar-refractivity contribution in [2.45, 2.75) is 32.2 Å². The van der Waals surface area contributed by atoms with E-state index in [1.54, 1.807) is 6.92 Å². The Morgan fingerprint density at radius 1 is 1.60 bits per heavy atom. The molecule has 86 valence electrons. The molecule has 0 aliphatic rings. The lowest BCUT2D eigenvalue weighted by atomic mass is 10.1. The third-order valence-corrected chi connectivity index (χ3v) is 1.84. The fourth-order valence-electron chi connectivity index (χ4n) is 1.03. The first-order valence-electron chi connectivity index (χ1n) is 4.92. The quantitative estimate of drug-likeness (QED) is 0.195. The smallest absolute Gasteiger partial charge is 0.220 e. The minimum atomic E-state index is -0.439. The van der Waals surface area contributed by atoms with Crippen molar-refractivity contribution >= 4 is 18.2 Å². The van der Waals surface area contributed by atoms with E-state index in [1.807, 2.05) is 0 Å². The van der Waals surface area contributed by atoms with Gasteiger partial charge in [0.15, 0.2) is 5.96 Å². The summed E-state index contributed by atoms with van der Waals surface area (Å²) in [6.45, 7) is 2.26. The van der Waals surface area contributed by atoms with Gasteiger partial charge in [0.2, 0.25) is 5.91 Å². The highest BCUT2D eigenvalue weighted by Gasteiger charge is 2.08. The van der Waals surface area contributed by atoms with Gasteiger partial charge in [0.05, 0.1) is 6.04 Å². The molecule has 0 saturated heterocycles. The summed E-state index contributed by atoms with van der Waals surface area (Å²) in [5, 5.41) is 12.1. The van der Waals surface area contributed by atoms with Gasteiger partial charge in [0.1, 0.15) is 6.29 Å². The summed E-state index contributed by atoms with van der Waals surface area (Å²) >= 11 is 0. The van der Waals surface area contributed by atoms with Crippen LogP contribution in [-0.2, 0) is 9.59 Å². The molecule has 0 unspecified atom stereocenters. The van der Waals surface area contributed by atoms with Crippen LogP contribution in [0.4, 0.5) is 0 Å². The van der Waals surface area contributed by atoms with E-state index < -0.39 is 6.04 Å². The van der Waals surface area contributed by atoms with Gasteiger partial charge >= 0.3 is 0 Å². The molecule has 6 heteroatoms. The number of guanidine groups is 1. The number of rotatable bonds is 7. The lowest BCUT2D eigenvalue weighted by Crippen LogP contribution is -2.37. The fraction of sp³-hybridized carbons (Fsp3) is 0.667. The van der Waals surface area contributed by atoms with Crippen molar-refractivity contribution in [3.8, 4) is 0 Å². The second kappa shape index (κ2) is 7.78. The van der Waals surface area contributed by atoms with Crippen LogP contribution in [0.3, 0.4) is 0 Å². The molecule has 0 heterocycles. The molecule has 0 aliphatic carbocycles. The number of hydrogen-bond acceptors (Lipinski definition) is 3. The lowest BCUT2D eigenvalue weighted by Gasteiger charge is -2.11. The topological polar surface area (TPSA) is 108 Å². The van der Waals surface area contributed by atoms with E-state index in [4.69, 9.17) is 11.1 Å². The number of hydrogen-bond donors (Lipinski definition) is 4. The molecular weight excluding hydrogens is 196 g/mol. The predicted octanol–water partition coefficient (Wildman–Crippen LogP) is -0.657. The molecule has 15 heavy (non-hydrogen) atoms. The molecule has 1 atom stereocenters. The Morgan fingerprint density at radius 2 is 2.27 bits per heavy atom. The van der Waals surface area contributed by atoms with Crippen LogP contribution >= 0.6 is 0 Å². The first kappa shape index (κ1) is 13.4. The first-order valence-corrected chi connectivity index (χ1v) is 4.92. The minimum absolute atomic E-state index is 0.0877. The van der Waals surface area contributed by atoms with Crippen molar-refractivity contribution in [2.24, 2.45) is 5.73 Å². The van der Waals surface area contributed by atoms with Gasteiger partial charge in [-0.3, -0.25) is 10.2 Å². The maximum atomic E-state index is 11.0. The van der Waals surface area contributed by atoms with E-state index in [1.165, 1.54) is 0 Å². The first-order chi connectivity index (χ1) is 7.10. The van der Waals surface area contributed by atoms with E-state index in [9.17, 15) is 9.59 Å². The number of carbonyl (C=O) groups excluding carboxylic acids is 2. The molecule has 0 aromatic carbocycles. The third-order valence-electron chi connectivity index (χ3n) is 1.84. The number of aldehydes is 1. The Bertz CT molecular complexity index is 230. The molecular formula is C9H18N4O2. The highest BCUT2D eigenvalue weighted by Crippen LogP contribution is 1.94. The summed E-state index contributed by atoms with van der Waals surface area (Å²) in [5.41, 5.74) is 5.08. The Balaban J connectivity index is 3.66. The van der Waals surface area contributed by atoms with Crippen LogP contribution in [0.1, 0.15) is 26.2 Å². The summed E-state index contributed by atoms with van der Waals surface area (Å²) in [5.74, 6) is -0.220. The lowest BCUT2D eigenvalue weighted by molar-refractivity contribution is -0.123. The summed E-state index contributed by atoms with van der Waals surface area (Å²) in [6, 6.07) is -0.439. The molecule has 0 rings (SSSR count). The standard InChI is InChI=1S/C9H18N4O2/c1-2-8(15)13-7(6-14)4-3-5-12-9(10)11/h6-7H,2-5H2,1H3,(H,13,15)(H4,10,11,12)/t7-/m0/s1. The van der Waals surface area contributed by atoms with Crippen LogP contribution in [0.2, 0.25) is 0 Å². The van der Waals surface area contributed by atoms with Crippen molar-refractivity contribution < 1.29 is 9.59 Å².